The van der Waals surface area contributed by atoms with Gasteiger partial charge >= 0.3 is 0 Å². The number of amides is 2. The van der Waals surface area contributed by atoms with Gasteiger partial charge < -0.3 is 15.6 Å². The summed E-state index contributed by atoms with van der Waals surface area (Å²) in [6.45, 7) is 1.76. The summed E-state index contributed by atoms with van der Waals surface area (Å²) in [6.07, 6.45) is 8.01. The first-order chi connectivity index (χ1) is 8.55. The van der Waals surface area contributed by atoms with E-state index in [2.05, 4.69) is 10.3 Å². The number of nitrogens with two attached hydrogens (primary N) is 1. The van der Waals surface area contributed by atoms with E-state index >= 15 is 0 Å². The molecule has 0 radical (unpaired) electrons. The van der Waals surface area contributed by atoms with E-state index in [1.54, 1.807) is 30.2 Å². The Balaban J connectivity index is 2.08. The van der Waals surface area contributed by atoms with Gasteiger partial charge in [-0.3, -0.25) is 9.59 Å². The number of carbonyl (C=O) groups excluding carboxylic acids is 2. The van der Waals surface area contributed by atoms with E-state index in [-0.39, 0.29) is 5.91 Å². The van der Waals surface area contributed by atoms with Gasteiger partial charge in [0.25, 0.3) is 0 Å². The average molecular weight is 250 g/mol. The zero-order valence-corrected chi connectivity index (χ0v) is 10.4. The molecule has 0 bridgehead atoms. The summed E-state index contributed by atoms with van der Waals surface area (Å²) in [7, 11) is 0. The summed E-state index contributed by atoms with van der Waals surface area (Å²) in [5, 5.41) is 2.82. The molecule has 6 heteroatoms. The van der Waals surface area contributed by atoms with Crippen LogP contribution in [0.5, 0.6) is 0 Å². The molecule has 1 heterocycles. The average Bonchev–Trinajstić information content (AvgIpc) is 2.99. The van der Waals surface area contributed by atoms with Crippen molar-refractivity contribution < 1.29 is 9.59 Å². The lowest BCUT2D eigenvalue weighted by Crippen LogP contribution is -2.56. The van der Waals surface area contributed by atoms with Gasteiger partial charge in [0.2, 0.25) is 11.8 Å². The quantitative estimate of drug-likeness (QED) is 0.808. The third kappa shape index (κ3) is 2.23. The van der Waals surface area contributed by atoms with E-state index in [0.29, 0.717) is 12.8 Å². The van der Waals surface area contributed by atoms with Crippen LogP contribution in [-0.2, 0) is 9.59 Å². The van der Waals surface area contributed by atoms with E-state index in [0.717, 1.165) is 12.8 Å². The van der Waals surface area contributed by atoms with Gasteiger partial charge in [-0.2, -0.15) is 0 Å². The van der Waals surface area contributed by atoms with Gasteiger partial charge in [0.15, 0.2) is 0 Å². The molecule has 1 aliphatic carbocycles. The van der Waals surface area contributed by atoms with Crippen LogP contribution in [0.15, 0.2) is 18.7 Å². The maximum absolute atomic E-state index is 12.1. The van der Waals surface area contributed by atoms with Crippen LogP contribution >= 0.6 is 0 Å². The molecular formula is C12H18N4O2. The second-order valence-corrected chi connectivity index (χ2v) is 4.83. The van der Waals surface area contributed by atoms with Crippen LogP contribution in [0.2, 0.25) is 0 Å². The van der Waals surface area contributed by atoms with E-state index in [1.165, 1.54) is 0 Å². The molecule has 98 valence electrons. The molecule has 0 aliphatic heterocycles. The Kier molecular flexibility index (Phi) is 3.36. The Bertz CT molecular complexity index is 435. The highest BCUT2D eigenvalue weighted by Crippen LogP contribution is 2.29. The van der Waals surface area contributed by atoms with Gasteiger partial charge in [0, 0.05) is 12.4 Å². The van der Waals surface area contributed by atoms with Crippen LogP contribution in [-0.4, -0.2) is 26.9 Å². The van der Waals surface area contributed by atoms with Crippen molar-refractivity contribution in [2.75, 3.05) is 0 Å². The molecule has 2 rings (SSSR count). The Morgan fingerprint density at radius 2 is 2.11 bits per heavy atom. The molecule has 1 unspecified atom stereocenters. The monoisotopic (exact) mass is 250 g/mol. The van der Waals surface area contributed by atoms with Crippen LogP contribution < -0.4 is 11.1 Å². The van der Waals surface area contributed by atoms with Crippen LogP contribution in [0.25, 0.3) is 0 Å². The Labute approximate surface area is 106 Å². The first-order valence-corrected chi connectivity index (χ1v) is 6.14. The smallest absolute Gasteiger partial charge is 0.243 e. The van der Waals surface area contributed by atoms with E-state index < -0.39 is 17.5 Å². The number of rotatable bonds is 4. The highest BCUT2D eigenvalue weighted by molar-refractivity contribution is 5.91. The van der Waals surface area contributed by atoms with E-state index in [9.17, 15) is 9.59 Å². The van der Waals surface area contributed by atoms with Crippen molar-refractivity contribution in [2.45, 2.75) is 44.2 Å². The minimum Gasteiger partial charge on any atom is -0.368 e. The van der Waals surface area contributed by atoms with Crippen molar-refractivity contribution in [2.24, 2.45) is 5.73 Å². The predicted octanol–water partition coefficient (Wildman–Crippen LogP) is 0.358. The van der Waals surface area contributed by atoms with Crippen molar-refractivity contribution in [3.05, 3.63) is 18.7 Å². The van der Waals surface area contributed by atoms with Crippen LogP contribution in [0, 0.1) is 0 Å². The summed E-state index contributed by atoms with van der Waals surface area (Å²) in [6, 6.07) is -0.399. The largest absolute Gasteiger partial charge is 0.368 e. The lowest BCUT2D eigenvalue weighted by molar-refractivity contribution is -0.133. The zero-order valence-electron chi connectivity index (χ0n) is 10.4. The summed E-state index contributed by atoms with van der Waals surface area (Å²) in [5.74, 6) is -0.639. The minimum atomic E-state index is -0.855. The first kappa shape index (κ1) is 12.6. The summed E-state index contributed by atoms with van der Waals surface area (Å²) < 4.78 is 1.69. The molecular weight excluding hydrogens is 232 g/mol. The molecule has 2 amide bonds. The molecule has 1 aliphatic rings. The van der Waals surface area contributed by atoms with Crippen molar-refractivity contribution >= 4 is 11.8 Å². The normalized spacial score (nSPS) is 19.4. The van der Waals surface area contributed by atoms with E-state index in [4.69, 9.17) is 5.73 Å². The lowest BCUT2D eigenvalue weighted by Gasteiger charge is -2.28. The Hall–Kier alpha value is -1.85. The number of hydrogen-bond acceptors (Lipinski definition) is 3. The van der Waals surface area contributed by atoms with Gasteiger partial charge in [0.1, 0.15) is 11.6 Å². The van der Waals surface area contributed by atoms with Gasteiger partial charge in [-0.15, -0.1) is 0 Å². The molecule has 1 aromatic heterocycles. The highest BCUT2D eigenvalue weighted by atomic mass is 16.2. The maximum Gasteiger partial charge on any atom is 0.243 e. The van der Waals surface area contributed by atoms with Gasteiger partial charge in [-0.05, 0) is 19.8 Å². The number of aromatic nitrogens is 2. The zero-order chi connectivity index (χ0) is 13.2. The number of hydrogen-bond donors (Lipinski definition) is 2. The number of imidazole rings is 1. The summed E-state index contributed by atoms with van der Waals surface area (Å²) in [5.41, 5.74) is 4.57. The molecule has 1 saturated carbocycles. The van der Waals surface area contributed by atoms with Crippen molar-refractivity contribution in [3.63, 3.8) is 0 Å². The number of primary amides is 1. The summed E-state index contributed by atoms with van der Waals surface area (Å²) in [4.78, 5) is 27.6. The molecule has 3 N–H and O–H groups in total. The molecule has 0 saturated heterocycles. The molecule has 0 aromatic carbocycles. The molecule has 6 nitrogen and oxygen atoms in total. The van der Waals surface area contributed by atoms with E-state index in [1.807, 2.05) is 0 Å². The Morgan fingerprint density at radius 3 is 2.61 bits per heavy atom. The fourth-order valence-electron chi connectivity index (χ4n) is 2.39. The second-order valence-electron chi connectivity index (χ2n) is 4.83. The van der Waals surface area contributed by atoms with Crippen LogP contribution in [0.1, 0.15) is 38.6 Å². The van der Waals surface area contributed by atoms with Crippen LogP contribution in [0.4, 0.5) is 0 Å². The summed E-state index contributed by atoms with van der Waals surface area (Å²) >= 11 is 0. The number of carbonyl (C=O) groups is 2. The molecule has 1 atom stereocenters. The van der Waals surface area contributed by atoms with Crippen molar-refractivity contribution in [3.8, 4) is 0 Å². The topological polar surface area (TPSA) is 90.0 Å². The second kappa shape index (κ2) is 4.80. The van der Waals surface area contributed by atoms with Gasteiger partial charge in [0.05, 0.1) is 6.33 Å². The lowest BCUT2D eigenvalue weighted by atomic mass is 9.96. The van der Waals surface area contributed by atoms with Crippen molar-refractivity contribution in [1.29, 1.82) is 0 Å². The number of nitrogens with one attached hydrogen (secondary N) is 1. The third-order valence-electron chi connectivity index (χ3n) is 3.64. The fraction of sp³-hybridized carbons (Fsp3) is 0.583. The predicted molar refractivity (Wildman–Crippen MR) is 65.5 cm³/mol. The highest BCUT2D eigenvalue weighted by Gasteiger charge is 2.41. The van der Waals surface area contributed by atoms with Crippen LogP contribution in [0.3, 0.4) is 0 Å². The van der Waals surface area contributed by atoms with Crippen molar-refractivity contribution in [1.82, 2.24) is 14.9 Å². The SMILES string of the molecule is CC(C(=O)NC1(C(N)=O)CCCC1)n1ccnc1. The van der Waals surface area contributed by atoms with Gasteiger partial charge in [-0.1, -0.05) is 12.8 Å². The fourth-order valence-corrected chi connectivity index (χ4v) is 2.39. The first-order valence-electron chi connectivity index (χ1n) is 6.14. The minimum absolute atomic E-state index is 0.200. The molecule has 1 fully saturated rings. The molecule has 18 heavy (non-hydrogen) atoms. The Morgan fingerprint density at radius 1 is 1.44 bits per heavy atom. The molecule has 0 spiro atoms. The maximum atomic E-state index is 12.1. The van der Waals surface area contributed by atoms with Gasteiger partial charge in [-0.25, -0.2) is 4.98 Å². The third-order valence-corrected chi connectivity index (χ3v) is 3.64. The number of nitrogens with zero attached hydrogens (tertiary/aromatic N) is 2. The molecule has 1 aromatic rings. The standard InChI is InChI=1S/C12H18N4O2/c1-9(16-7-6-14-8-16)10(17)15-12(11(13)18)4-2-3-5-12/h6-9H,2-5H2,1H3,(H2,13,18)(H,15,17).